The van der Waals surface area contributed by atoms with Gasteiger partial charge in [0.2, 0.25) is 0 Å². The number of aliphatic hydroxyl groups is 1. The van der Waals surface area contributed by atoms with E-state index in [1.807, 2.05) is 65.6 Å². The number of thiocarbonyl (C=S) groups is 1. The van der Waals surface area contributed by atoms with Crippen LogP contribution in [0.2, 0.25) is 0 Å². The van der Waals surface area contributed by atoms with E-state index in [0.717, 1.165) is 11.3 Å². The molecule has 1 unspecified atom stereocenters. The Labute approximate surface area is 122 Å². The van der Waals surface area contributed by atoms with Crippen LogP contribution in [0.4, 0.5) is 5.69 Å². The first-order valence-corrected chi connectivity index (χ1v) is 7.41. The van der Waals surface area contributed by atoms with Crippen molar-refractivity contribution >= 4 is 34.0 Å². The Bertz CT molecular complexity index is 588. The summed E-state index contributed by atoms with van der Waals surface area (Å²) in [5.41, 5.74) is 0.722. The minimum atomic E-state index is -1.07. The number of rotatable bonds is 2. The van der Waals surface area contributed by atoms with E-state index in [9.17, 15) is 5.11 Å². The Morgan fingerprint density at radius 3 is 2.21 bits per heavy atom. The highest BCUT2D eigenvalue weighted by molar-refractivity contribution is 8.23. The number of benzene rings is 2. The van der Waals surface area contributed by atoms with Gasteiger partial charge < -0.3 is 5.11 Å². The molecule has 0 radical (unpaired) electrons. The molecule has 3 rings (SSSR count). The maximum Gasteiger partial charge on any atom is 0.179 e. The summed E-state index contributed by atoms with van der Waals surface area (Å²) in [4.78, 5) is 1.84. The van der Waals surface area contributed by atoms with Crippen LogP contribution in [0, 0.1) is 0 Å². The minimum Gasteiger partial charge on any atom is -0.366 e. The molecule has 1 N–H and O–H groups in total. The molecule has 0 aliphatic carbocycles. The second-order valence-electron chi connectivity index (χ2n) is 4.41. The molecule has 1 fully saturated rings. The van der Waals surface area contributed by atoms with Gasteiger partial charge in [-0.3, -0.25) is 4.90 Å². The Morgan fingerprint density at radius 2 is 1.58 bits per heavy atom. The predicted molar refractivity (Wildman–Crippen MR) is 84.3 cm³/mol. The monoisotopic (exact) mass is 287 g/mol. The van der Waals surface area contributed by atoms with Gasteiger partial charge in [-0.15, -0.1) is 0 Å². The van der Waals surface area contributed by atoms with Crippen molar-refractivity contribution in [3.63, 3.8) is 0 Å². The number of para-hydroxylation sites is 1. The molecule has 0 spiro atoms. The topological polar surface area (TPSA) is 23.5 Å². The number of anilines is 1. The van der Waals surface area contributed by atoms with E-state index in [-0.39, 0.29) is 0 Å². The zero-order valence-electron chi connectivity index (χ0n) is 10.2. The SMILES string of the molecule is OC1(c2ccccc2)CSC(=S)N1c1ccccc1. The maximum atomic E-state index is 11.1. The van der Waals surface area contributed by atoms with E-state index in [4.69, 9.17) is 12.2 Å². The van der Waals surface area contributed by atoms with Gasteiger partial charge in [0.1, 0.15) is 4.32 Å². The van der Waals surface area contributed by atoms with Crippen molar-refractivity contribution in [3.05, 3.63) is 66.2 Å². The van der Waals surface area contributed by atoms with E-state index in [2.05, 4.69) is 0 Å². The number of thioether (sulfide) groups is 1. The molecule has 4 heteroatoms. The molecule has 1 aliphatic heterocycles. The molecular formula is C15H13NOS2. The lowest BCUT2D eigenvalue weighted by Gasteiger charge is -2.34. The summed E-state index contributed by atoms with van der Waals surface area (Å²) in [5.74, 6) is 0.546. The highest BCUT2D eigenvalue weighted by Gasteiger charge is 2.44. The van der Waals surface area contributed by atoms with Crippen LogP contribution in [0.25, 0.3) is 0 Å². The third-order valence-electron chi connectivity index (χ3n) is 3.20. The number of hydrogen-bond acceptors (Lipinski definition) is 3. The van der Waals surface area contributed by atoms with Crippen molar-refractivity contribution in [1.29, 1.82) is 0 Å². The molecule has 1 atom stereocenters. The molecule has 0 bridgehead atoms. The maximum absolute atomic E-state index is 11.1. The molecule has 2 aromatic rings. The third kappa shape index (κ3) is 2.16. The van der Waals surface area contributed by atoms with Gasteiger partial charge in [-0.1, -0.05) is 72.5 Å². The molecule has 19 heavy (non-hydrogen) atoms. The zero-order chi connectivity index (χ0) is 13.3. The van der Waals surface area contributed by atoms with Gasteiger partial charge in [-0.25, -0.2) is 0 Å². The average molecular weight is 287 g/mol. The molecule has 2 aromatic carbocycles. The number of hydrogen-bond donors (Lipinski definition) is 1. The Balaban J connectivity index is 2.08. The summed E-state index contributed by atoms with van der Waals surface area (Å²) in [7, 11) is 0. The minimum absolute atomic E-state index is 0.546. The van der Waals surface area contributed by atoms with Gasteiger partial charge in [0, 0.05) is 11.3 Å². The second-order valence-corrected chi connectivity index (χ2v) is 6.02. The van der Waals surface area contributed by atoms with Gasteiger partial charge in [-0.05, 0) is 12.1 Å². The molecule has 0 saturated carbocycles. The van der Waals surface area contributed by atoms with Gasteiger partial charge in [0.25, 0.3) is 0 Å². The molecule has 96 valence electrons. The summed E-state index contributed by atoms with van der Waals surface area (Å²) in [6.45, 7) is 0. The van der Waals surface area contributed by atoms with Crippen LogP contribution in [0.3, 0.4) is 0 Å². The first kappa shape index (κ1) is 12.7. The lowest BCUT2D eigenvalue weighted by molar-refractivity contribution is 0.0772. The van der Waals surface area contributed by atoms with Gasteiger partial charge in [-0.2, -0.15) is 0 Å². The van der Waals surface area contributed by atoms with E-state index in [1.54, 1.807) is 0 Å². The normalized spacial score (nSPS) is 22.8. The summed E-state index contributed by atoms with van der Waals surface area (Å²) in [6.07, 6.45) is 0. The van der Waals surface area contributed by atoms with E-state index in [1.165, 1.54) is 11.8 Å². The van der Waals surface area contributed by atoms with Gasteiger partial charge >= 0.3 is 0 Å². The highest BCUT2D eigenvalue weighted by Crippen LogP contribution is 2.42. The standard InChI is InChI=1S/C15H13NOS2/c17-15(12-7-3-1-4-8-12)11-19-14(18)16(15)13-9-5-2-6-10-13/h1-10,17H,11H2. The third-order valence-corrected chi connectivity index (χ3v) is 4.71. The summed E-state index contributed by atoms with van der Waals surface area (Å²) >= 11 is 6.91. The van der Waals surface area contributed by atoms with Crippen LogP contribution in [-0.2, 0) is 5.72 Å². The summed E-state index contributed by atoms with van der Waals surface area (Å²) < 4.78 is 0.706. The number of nitrogens with zero attached hydrogens (tertiary/aromatic N) is 1. The van der Waals surface area contributed by atoms with Crippen LogP contribution in [0.1, 0.15) is 5.56 Å². The van der Waals surface area contributed by atoms with Gasteiger partial charge in [0.05, 0.1) is 5.75 Å². The molecular weight excluding hydrogens is 274 g/mol. The molecule has 2 nitrogen and oxygen atoms in total. The lowest BCUT2D eigenvalue weighted by atomic mass is 10.0. The fraction of sp³-hybridized carbons (Fsp3) is 0.133. The molecule has 1 heterocycles. The quantitative estimate of drug-likeness (QED) is 0.856. The summed E-state index contributed by atoms with van der Waals surface area (Å²) in [5, 5.41) is 11.1. The first-order valence-electron chi connectivity index (χ1n) is 6.02. The fourth-order valence-electron chi connectivity index (χ4n) is 2.26. The van der Waals surface area contributed by atoms with Crippen LogP contribution in [0.15, 0.2) is 60.7 Å². The highest BCUT2D eigenvalue weighted by atomic mass is 32.2. The van der Waals surface area contributed by atoms with Gasteiger partial charge in [0.15, 0.2) is 5.72 Å². The Kier molecular flexibility index (Phi) is 3.31. The molecule has 0 aromatic heterocycles. The zero-order valence-corrected chi connectivity index (χ0v) is 11.8. The van der Waals surface area contributed by atoms with Crippen LogP contribution in [0.5, 0.6) is 0 Å². The van der Waals surface area contributed by atoms with Crippen LogP contribution >= 0.6 is 24.0 Å². The fourth-order valence-corrected chi connectivity index (χ4v) is 3.70. The smallest absolute Gasteiger partial charge is 0.179 e. The van der Waals surface area contributed by atoms with Crippen molar-refractivity contribution in [3.8, 4) is 0 Å². The van der Waals surface area contributed by atoms with Crippen molar-refractivity contribution in [1.82, 2.24) is 0 Å². The summed E-state index contributed by atoms with van der Waals surface area (Å²) in [6, 6.07) is 19.5. The lowest BCUT2D eigenvalue weighted by Crippen LogP contribution is -2.44. The largest absolute Gasteiger partial charge is 0.366 e. The average Bonchev–Trinajstić information content (AvgIpc) is 2.78. The molecule has 1 aliphatic rings. The van der Waals surface area contributed by atoms with E-state index < -0.39 is 5.72 Å². The van der Waals surface area contributed by atoms with Crippen molar-refractivity contribution in [2.75, 3.05) is 10.7 Å². The van der Waals surface area contributed by atoms with Crippen LogP contribution < -0.4 is 4.90 Å². The predicted octanol–water partition coefficient (Wildman–Crippen LogP) is 3.37. The van der Waals surface area contributed by atoms with E-state index in [0.29, 0.717) is 10.1 Å². The van der Waals surface area contributed by atoms with Crippen molar-refractivity contribution < 1.29 is 5.11 Å². The van der Waals surface area contributed by atoms with Crippen LogP contribution in [-0.4, -0.2) is 15.2 Å². The Hall–Kier alpha value is -1.36. The first-order chi connectivity index (χ1) is 9.22. The van der Waals surface area contributed by atoms with E-state index >= 15 is 0 Å². The molecule has 1 saturated heterocycles. The van der Waals surface area contributed by atoms with Crippen molar-refractivity contribution in [2.24, 2.45) is 0 Å². The Morgan fingerprint density at radius 1 is 1.00 bits per heavy atom. The van der Waals surface area contributed by atoms with Crippen molar-refractivity contribution in [2.45, 2.75) is 5.72 Å². The second kappa shape index (κ2) is 4.96. The molecule has 0 amide bonds.